The highest BCUT2D eigenvalue weighted by Gasteiger charge is 2.57. The topological polar surface area (TPSA) is 26.3 Å². The number of hydrogen-bond acceptors (Lipinski definition) is 3. The van der Waals surface area contributed by atoms with Crippen molar-refractivity contribution in [1.29, 1.82) is 0 Å². The van der Waals surface area contributed by atoms with Crippen molar-refractivity contribution in [3.63, 3.8) is 0 Å². The number of rotatable bonds is 3. The van der Waals surface area contributed by atoms with Gasteiger partial charge in [-0.3, -0.25) is 4.79 Å². The highest BCUT2D eigenvalue weighted by Crippen LogP contribution is 2.51. The number of fused-ring (bicyclic) bond motifs is 1. The summed E-state index contributed by atoms with van der Waals surface area (Å²) in [6, 6.07) is 2.04. The Balaban J connectivity index is 1.62. The maximum Gasteiger partial charge on any atom is 0.141 e. The van der Waals surface area contributed by atoms with Gasteiger partial charge in [-0.2, -0.15) is 11.3 Å². The van der Waals surface area contributed by atoms with Gasteiger partial charge in [0.05, 0.1) is 13.2 Å². The number of carbonyl (C=O) groups excluding carboxylic acids is 1. The Kier molecular flexibility index (Phi) is 1.96. The molecule has 1 aliphatic heterocycles. The molecule has 14 heavy (non-hydrogen) atoms. The number of thiophene rings is 1. The molecule has 2 heterocycles. The van der Waals surface area contributed by atoms with Gasteiger partial charge >= 0.3 is 0 Å². The van der Waals surface area contributed by atoms with E-state index < -0.39 is 0 Å². The fourth-order valence-electron chi connectivity index (χ4n) is 2.43. The Morgan fingerprint density at radius 2 is 2.29 bits per heavy atom. The van der Waals surface area contributed by atoms with Gasteiger partial charge in [0.1, 0.15) is 5.78 Å². The number of carbonyl (C=O) groups is 1. The van der Waals surface area contributed by atoms with Crippen molar-refractivity contribution in [2.75, 3.05) is 13.2 Å². The molecule has 1 aliphatic carbocycles. The minimum absolute atomic E-state index is 0.323. The highest BCUT2D eigenvalue weighted by molar-refractivity contribution is 7.07. The van der Waals surface area contributed by atoms with E-state index in [-0.39, 0.29) is 0 Å². The van der Waals surface area contributed by atoms with E-state index in [4.69, 9.17) is 4.74 Å². The van der Waals surface area contributed by atoms with Gasteiger partial charge in [0, 0.05) is 12.3 Å². The van der Waals surface area contributed by atoms with E-state index in [0.717, 1.165) is 13.2 Å². The molecule has 2 unspecified atom stereocenters. The lowest BCUT2D eigenvalue weighted by atomic mass is 10.1. The van der Waals surface area contributed by atoms with Gasteiger partial charge in [0.25, 0.3) is 0 Å². The minimum atomic E-state index is 0.323. The first-order valence-corrected chi connectivity index (χ1v) is 5.92. The number of ether oxygens (including phenoxy) is 1. The van der Waals surface area contributed by atoms with Crippen LogP contribution in [0.25, 0.3) is 0 Å². The number of ketones is 1. The van der Waals surface area contributed by atoms with Crippen molar-refractivity contribution in [2.45, 2.75) is 6.42 Å². The Morgan fingerprint density at radius 1 is 1.50 bits per heavy atom. The molecule has 74 valence electrons. The standard InChI is InChI=1S/C11H12O2S/c12-10(3-7-1-2-14-6-7)11-8-4-13-5-9(8)11/h1-2,6,8-9,11H,3-5H2. The van der Waals surface area contributed by atoms with Crippen LogP contribution in [-0.2, 0) is 16.0 Å². The van der Waals surface area contributed by atoms with Gasteiger partial charge in [-0.25, -0.2) is 0 Å². The Hall–Kier alpha value is -0.670. The maximum atomic E-state index is 11.8. The maximum absolute atomic E-state index is 11.8. The van der Waals surface area contributed by atoms with Crippen molar-refractivity contribution < 1.29 is 9.53 Å². The van der Waals surface area contributed by atoms with Crippen LogP contribution in [0.5, 0.6) is 0 Å². The first-order chi connectivity index (χ1) is 6.86. The van der Waals surface area contributed by atoms with Crippen LogP contribution in [0.1, 0.15) is 5.56 Å². The molecule has 2 aliphatic rings. The molecule has 1 saturated heterocycles. The summed E-state index contributed by atoms with van der Waals surface area (Å²) in [7, 11) is 0. The van der Waals surface area contributed by atoms with Crippen molar-refractivity contribution >= 4 is 17.1 Å². The second-order valence-corrected chi connectivity index (χ2v) is 4.95. The molecule has 0 amide bonds. The molecule has 1 aromatic rings. The molecule has 0 bridgehead atoms. The lowest BCUT2D eigenvalue weighted by Gasteiger charge is -2.01. The predicted octanol–water partition coefficient (Wildman–Crippen LogP) is 1.75. The average Bonchev–Trinajstić information content (AvgIpc) is 2.63. The highest BCUT2D eigenvalue weighted by atomic mass is 32.1. The summed E-state index contributed by atoms with van der Waals surface area (Å²) in [6.07, 6.45) is 0.626. The van der Waals surface area contributed by atoms with E-state index in [9.17, 15) is 4.79 Å². The molecular formula is C11H12O2S. The summed E-state index contributed by atoms with van der Waals surface area (Å²) in [4.78, 5) is 11.8. The molecule has 0 N–H and O–H groups in total. The Bertz CT molecular complexity index is 334. The van der Waals surface area contributed by atoms with Crippen LogP contribution in [0.15, 0.2) is 16.8 Å². The van der Waals surface area contributed by atoms with Crippen molar-refractivity contribution in [1.82, 2.24) is 0 Å². The summed E-state index contributed by atoms with van der Waals surface area (Å²) in [5.41, 5.74) is 1.17. The van der Waals surface area contributed by atoms with E-state index in [2.05, 4.69) is 5.38 Å². The van der Waals surface area contributed by atoms with Crippen LogP contribution >= 0.6 is 11.3 Å². The van der Waals surface area contributed by atoms with Crippen molar-refractivity contribution in [3.8, 4) is 0 Å². The monoisotopic (exact) mass is 208 g/mol. The molecule has 2 fully saturated rings. The molecule has 3 rings (SSSR count). The largest absolute Gasteiger partial charge is 0.381 e. The molecule has 2 nitrogen and oxygen atoms in total. The van der Waals surface area contributed by atoms with E-state index in [1.807, 2.05) is 11.4 Å². The molecular weight excluding hydrogens is 196 g/mol. The van der Waals surface area contributed by atoms with Crippen LogP contribution in [-0.4, -0.2) is 19.0 Å². The summed E-state index contributed by atoms with van der Waals surface area (Å²) in [5, 5.41) is 4.09. The Morgan fingerprint density at radius 3 is 2.93 bits per heavy atom. The van der Waals surface area contributed by atoms with Gasteiger partial charge in [-0.1, -0.05) is 0 Å². The van der Waals surface area contributed by atoms with Gasteiger partial charge < -0.3 is 4.74 Å². The van der Waals surface area contributed by atoms with E-state index in [1.165, 1.54) is 5.56 Å². The van der Waals surface area contributed by atoms with Crippen LogP contribution in [0.2, 0.25) is 0 Å². The van der Waals surface area contributed by atoms with Crippen LogP contribution in [0.4, 0.5) is 0 Å². The lowest BCUT2D eigenvalue weighted by molar-refractivity contribution is -0.120. The molecule has 0 aromatic carbocycles. The normalized spacial score (nSPS) is 34.1. The van der Waals surface area contributed by atoms with Gasteiger partial charge in [0.15, 0.2) is 0 Å². The first-order valence-electron chi connectivity index (χ1n) is 4.98. The zero-order valence-electron chi connectivity index (χ0n) is 7.81. The fourth-order valence-corrected chi connectivity index (χ4v) is 3.10. The lowest BCUT2D eigenvalue weighted by Crippen LogP contribution is -2.11. The SMILES string of the molecule is O=C(Cc1ccsc1)C1C2COCC21. The molecule has 0 radical (unpaired) electrons. The first kappa shape index (κ1) is 8.62. The van der Waals surface area contributed by atoms with Crippen LogP contribution in [0, 0.1) is 17.8 Å². The predicted molar refractivity (Wildman–Crippen MR) is 54.3 cm³/mol. The smallest absolute Gasteiger partial charge is 0.141 e. The summed E-state index contributed by atoms with van der Waals surface area (Å²) in [5.74, 6) is 1.85. The second-order valence-electron chi connectivity index (χ2n) is 4.17. The van der Waals surface area contributed by atoms with Gasteiger partial charge in [-0.15, -0.1) is 0 Å². The van der Waals surface area contributed by atoms with Crippen molar-refractivity contribution in [3.05, 3.63) is 22.4 Å². The van der Waals surface area contributed by atoms with E-state index >= 15 is 0 Å². The van der Waals surface area contributed by atoms with Gasteiger partial charge in [-0.05, 0) is 34.2 Å². The van der Waals surface area contributed by atoms with Crippen molar-refractivity contribution in [2.24, 2.45) is 17.8 Å². The van der Waals surface area contributed by atoms with Gasteiger partial charge in [0.2, 0.25) is 0 Å². The molecule has 1 aromatic heterocycles. The molecule has 1 saturated carbocycles. The summed E-state index contributed by atoms with van der Waals surface area (Å²) in [6.45, 7) is 1.62. The zero-order chi connectivity index (χ0) is 9.54. The molecule has 2 atom stereocenters. The van der Waals surface area contributed by atoms with Crippen LogP contribution in [0.3, 0.4) is 0 Å². The third kappa shape index (κ3) is 1.31. The van der Waals surface area contributed by atoms with Crippen LogP contribution < -0.4 is 0 Å². The minimum Gasteiger partial charge on any atom is -0.381 e. The molecule has 3 heteroatoms. The summed E-state index contributed by atoms with van der Waals surface area (Å²) < 4.78 is 5.27. The number of hydrogen-bond donors (Lipinski definition) is 0. The zero-order valence-corrected chi connectivity index (χ0v) is 8.63. The average molecular weight is 208 g/mol. The second kappa shape index (κ2) is 3.17. The molecule has 0 spiro atoms. The van der Waals surface area contributed by atoms with E-state index in [0.29, 0.717) is 30.0 Å². The Labute approximate surface area is 86.9 Å². The third-order valence-corrected chi connectivity index (χ3v) is 4.01. The summed E-state index contributed by atoms with van der Waals surface area (Å²) >= 11 is 1.66. The fraction of sp³-hybridized carbons (Fsp3) is 0.545. The third-order valence-electron chi connectivity index (χ3n) is 3.28. The number of Topliss-reactive ketones (excluding diaryl/α,β-unsaturated/α-hetero) is 1. The van der Waals surface area contributed by atoms with E-state index in [1.54, 1.807) is 11.3 Å². The quantitative estimate of drug-likeness (QED) is 0.756.